The summed E-state index contributed by atoms with van der Waals surface area (Å²) in [5.74, 6) is 0.412. The van der Waals surface area contributed by atoms with E-state index >= 15 is 0 Å². The van der Waals surface area contributed by atoms with E-state index < -0.39 is 7.82 Å². The molecule has 0 amide bonds. The first-order valence-electron chi connectivity index (χ1n) is 5.94. The molecule has 0 fully saturated rings. The molecule has 18 heavy (non-hydrogen) atoms. The average Bonchev–Trinajstić information content (AvgIpc) is 2.37. The number of hydrogen-bond donors (Lipinski definition) is 0. The fraction of sp³-hybridized carbons (Fsp3) is 0.500. The van der Waals surface area contributed by atoms with Gasteiger partial charge in [0.25, 0.3) is 0 Å². The van der Waals surface area contributed by atoms with Crippen LogP contribution in [-0.2, 0) is 13.6 Å². The summed E-state index contributed by atoms with van der Waals surface area (Å²) in [6, 6.07) is 6.56. The zero-order valence-corrected chi connectivity index (χ0v) is 12.2. The number of phosphoric ester groups is 1. The normalized spacial score (nSPS) is 11.5. The summed E-state index contributed by atoms with van der Waals surface area (Å²) in [5.41, 5.74) is 0. The summed E-state index contributed by atoms with van der Waals surface area (Å²) in [6.07, 6.45) is 1.48. The average molecular weight is 293 g/mol. The van der Waals surface area contributed by atoms with Gasteiger partial charge in [0, 0.05) is 5.02 Å². The van der Waals surface area contributed by atoms with Gasteiger partial charge in [0.1, 0.15) is 5.75 Å². The maximum Gasteiger partial charge on any atom is 0.530 e. The molecular weight excluding hydrogens is 275 g/mol. The molecule has 0 saturated heterocycles. The zero-order chi connectivity index (χ0) is 13.4. The third kappa shape index (κ3) is 5.40. The summed E-state index contributed by atoms with van der Waals surface area (Å²) in [6.45, 7) is 4.50. The molecule has 6 heteroatoms. The Morgan fingerprint density at radius 2 is 1.56 bits per heavy atom. The molecule has 0 aliphatic heterocycles. The number of hydrogen-bond acceptors (Lipinski definition) is 4. The van der Waals surface area contributed by atoms with Crippen LogP contribution in [0.25, 0.3) is 0 Å². The van der Waals surface area contributed by atoms with Crippen molar-refractivity contribution in [2.75, 3.05) is 13.2 Å². The maximum absolute atomic E-state index is 12.3. The second-order valence-corrected chi connectivity index (χ2v) is 5.69. The van der Waals surface area contributed by atoms with E-state index in [0.717, 1.165) is 12.8 Å². The van der Waals surface area contributed by atoms with E-state index in [1.165, 1.54) is 0 Å². The summed E-state index contributed by atoms with van der Waals surface area (Å²) >= 11 is 5.76. The van der Waals surface area contributed by atoms with Crippen LogP contribution in [0.2, 0.25) is 5.02 Å². The van der Waals surface area contributed by atoms with Crippen molar-refractivity contribution < 1.29 is 18.1 Å². The monoisotopic (exact) mass is 292 g/mol. The third-order valence-electron chi connectivity index (χ3n) is 1.94. The fourth-order valence-electron chi connectivity index (χ4n) is 1.12. The SMILES string of the molecule is CCCOP(=O)(OCCC)Oc1ccc(Cl)cc1. The van der Waals surface area contributed by atoms with E-state index in [0.29, 0.717) is 24.0 Å². The van der Waals surface area contributed by atoms with Gasteiger partial charge in [-0.3, -0.25) is 9.05 Å². The van der Waals surface area contributed by atoms with Crippen molar-refractivity contribution in [3.8, 4) is 5.75 Å². The van der Waals surface area contributed by atoms with Crippen LogP contribution in [-0.4, -0.2) is 13.2 Å². The first-order valence-corrected chi connectivity index (χ1v) is 7.77. The molecule has 1 rings (SSSR count). The lowest BCUT2D eigenvalue weighted by molar-refractivity contribution is 0.155. The Morgan fingerprint density at radius 3 is 2.00 bits per heavy atom. The minimum absolute atomic E-state index is 0.328. The molecule has 0 aliphatic carbocycles. The number of halogens is 1. The summed E-state index contributed by atoms with van der Waals surface area (Å²) in [5, 5.41) is 0.584. The van der Waals surface area contributed by atoms with Crippen LogP contribution < -0.4 is 4.52 Å². The quantitative estimate of drug-likeness (QED) is 0.653. The molecule has 0 bridgehead atoms. The standard InChI is InChI=1S/C12H18ClO4P/c1-3-9-15-18(14,16-10-4-2)17-12-7-5-11(13)6-8-12/h5-8H,3-4,9-10H2,1-2H3. The molecule has 0 N–H and O–H groups in total. The number of phosphoric acid groups is 1. The van der Waals surface area contributed by atoms with Crippen LogP contribution in [0.5, 0.6) is 5.75 Å². The fourth-order valence-corrected chi connectivity index (χ4v) is 2.62. The molecule has 0 unspecified atom stereocenters. The molecule has 0 heterocycles. The van der Waals surface area contributed by atoms with Gasteiger partial charge in [-0.25, -0.2) is 4.57 Å². The van der Waals surface area contributed by atoms with Gasteiger partial charge in [-0.05, 0) is 37.1 Å². The molecule has 1 aromatic carbocycles. The first kappa shape index (κ1) is 15.5. The van der Waals surface area contributed by atoms with Gasteiger partial charge in [-0.15, -0.1) is 0 Å². The van der Waals surface area contributed by atoms with Gasteiger partial charge in [-0.2, -0.15) is 0 Å². The minimum Gasteiger partial charge on any atom is -0.404 e. The van der Waals surface area contributed by atoms with E-state index in [1.807, 2.05) is 13.8 Å². The van der Waals surface area contributed by atoms with Crippen molar-refractivity contribution in [3.63, 3.8) is 0 Å². The lowest BCUT2D eigenvalue weighted by atomic mass is 10.3. The van der Waals surface area contributed by atoms with E-state index in [2.05, 4.69) is 0 Å². The molecule has 1 aromatic rings. The van der Waals surface area contributed by atoms with Gasteiger partial charge in [-0.1, -0.05) is 25.4 Å². The van der Waals surface area contributed by atoms with Crippen molar-refractivity contribution in [2.24, 2.45) is 0 Å². The smallest absolute Gasteiger partial charge is 0.404 e. The predicted molar refractivity (Wildman–Crippen MR) is 72.2 cm³/mol. The van der Waals surface area contributed by atoms with Gasteiger partial charge in [0.2, 0.25) is 0 Å². The molecule has 102 valence electrons. The van der Waals surface area contributed by atoms with E-state index in [9.17, 15) is 4.57 Å². The Morgan fingerprint density at radius 1 is 1.06 bits per heavy atom. The highest BCUT2D eigenvalue weighted by Gasteiger charge is 2.27. The summed E-state index contributed by atoms with van der Waals surface area (Å²) in [7, 11) is -3.53. The van der Waals surface area contributed by atoms with Crippen LogP contribution in [0.4, 0.5) is 0 Å². The predicted octanol–water partition coefficient (Wildman–Crippen LogP) is 4.68. The van der Waals surface area contributed by atoms with Crippen molar-refractivity contribution >= 4 is 19.4 Å². The first-order chi connectivity index (χ1) is 8.59. The van der Waals surface area contributed by atoms with Crippen molar-refractivity contribution in [3.05, 3.63) is 29.3 Å². The van der Waals surface area contributed by atoms with Gasteiger partial charge in [0.15, 0.2) is 0 Å². The second kappa shape index (κ2) is 7.80. The molecule has 0 radical (unpaired) electrons. The number of benzene rings is 1. The second-order valence-electron chi connectivity index (χ2n) is 3.66. The largest absolute Gasteiger partial charge is 0.530 e. The van der Waals surface area contributed by atoms with Gasteiger partial charge >= 0.3 is 7.82 Å². The van der Waals surface area contributed by atoms with Crippen LogP contribution >= 0.6 is 19.4 Å². The zero-order valence-electron chi connectivity index (χ0n) is 10.6. The van der Waals surface area contributed by atoms with Crippen LogP contribution in [0.1, 0.15) is 26.7 Å². The van der Waals surface area contributed by atoms with Gasteiger partial charge in [0.05, 0.1) is 13.2 Å². The van der Waals surface area contributed by atoms with Crippen LogP contribution in [0.3, 0.4) is 0 Å². The Bertz CT molecular complexity index is 382. The highest BCUT2D eigenvalue weighted by Crippen LogP contribution is 2.49. The molecule has 0 aromatic heterocycles. The molecule has 0 atom stereocenters. The molecule has 4 nitrogen and oxygen atoms in total. The molecule has 0 saturated carbocycles. The highest BCUT2D eigenvalue weighted by molar-refractivity contribution is 7.48. The van der Waals surface area contributed by atoms with E-state index in [4.69, 9.17) is 25.2 Å². The Hall–Kier alpha value is -0.540. The number of rotatable bonds is 8. The Balaban J connectivity index is 2.70. The summed E-state index contributed by atoms with van der Waals surface area (Å²) in [4.78, 5) is 0. The van der Waals surface area contributed by atoms with Crippen molar-refractivity contribution in [1.82, 2.24) is 0 Å². The highest BCUT2D eigenvalue weighted by atomic mass is 35.5. The summed E-state index contributed by atoms with van der Waals surface area (Å²) < 4.78 is 28.0. The molecule has 0 spiro atoms. The van der Waals surface area contributed by atoms with Gasteiger partial charge < -0.3 is 4.52 Å². The maximum atomic E-state index is 12.3. The molecule has 0 aliphatic rings. The Kier molecular flexibility index (Phi) is 6.72. The van der Waals surface area contributed by atoms with E-state index in [-0.39, 0.29) is 0 Å². The lowest BCUT2D eigenvalue weighted by Gasteiger charge is -2.18. The van der Waals surface area contributed by atoms with E-state index in [1.54, 1.807) is 24.3 Å². The minimum atomic E-state index is -3.53. The lowest BCUT2D eigenvalue weighted by Crippen LogP contribution is -2.04. The van der Waals surface area contributed by atoms with Crippen molar-refractivity contribution in [2.45, 2.75) is 26.7 Å². The third-order valence-corrected chi connectivity index (χ3v) is 3.62. The topological polar surface area (TPSA) is 44.8 Å². The van der Waals surface area contributed by atoms with Crippen LogP contribution in [0, 0.1) is 0 Å². The Labute approximate surface area is 113 Å². The van der Waals surface area contributed by atoms with Crippen molar-refractivity contribution in [1.29, 1.82) is 0 Å². The van der Waals surface area contributed by atoms with Crippen LogP contribution in [0.15, 0.2) is 24.3 Å². The molecular formula is C12H18ClO4P.